The summed E-state index contributed by atoms with van der Waals surface area (Å²) in [4.78, 5) is 14.3. The van der Waals surface area contributed by atoms with Crippen molar-refractivity contribution in [1.29, 1.82) is 0 Å². The van der Waals surface area contributed by atoms with Crippen LogP contribution in [0.1, 0.15) is 31.1 Å². The molecule has 1 unspecified atom stereocenters. The van der Waals surface area contributed by atoms with Crippen LogP contribution in [0.4, 0.5) is 4.39 Å². The van der Waals surface area contributed by atoms with Crippen molar-refractivity contribution in [2.45, 2.75) is 26.8 Å². The Kier molecular flexibility index (Phi) is 6.67. The number of halogens is 1. The number of likely N-dealkylation sites (N-methyl/N-ethyl adjacent to an activating group) is 1. The Morgan fingerprint density at radius 2 is 1.95 bits per heavy atom. The lowest BCUT2D eigenvalue weighted by atomic mass is 10.0. The van der Waals surface area contributed by atoms with Gasteiger partial charge in [0.2, 0.25) is 0 Å². The van der Waals surface area contributed by atoms with Crippen LogP contribution in [-0.4, -0.2) is 43.0 Å². The van der Waals surface area contributed by atoms with Crippen molar-refractivity contribution in [2.75, 3.05) is 26.3 Å². The zero-order chi connectivity index (χ0) is 14.3. The van der Waals surface area contributed by atoms with Gasteiger partial charge in [0, 0.05) is 18.7 Å². The van der Waals surface area contributed by atoms with E-state index in [4.69, 9.17) is 4.74 Å². The molecule has 0 aliphatic heterocycles. The molecule has 0 saturated carbocycles. The maximum atomic E-state index is 12.8. The van der Waals surface area contributed by atoms with Crippen LogP contribution >= 0.6 is 0 Å². The Hall–Kier alpha value is -1.26. The van der Waals surface area contributed by atoms with Crippen LogP contribution in [-0.2, 0) is 4.74 Å². The Balaban J connectivity index is 2.65. The van der Waals surface area contributed by atoms with Gasteiger partial charge in [0.25, 0.3) is 0 Å². The molecular formula is C15H22FNO2. The molecule has 0 aliphatic carbocycles. The molecule has 1 atom stereocenters. The summed E-state index contributed by atoms with van der Waals surface area (Å²) in [6.45, 7) is 8.63. The number of ketones is 1. The van der Waals surface area contributed by atoms with E-state index < -0.39 is 0 Å². The second kappa shape index (κ2) is 8.02. The van der Waals surface area contributed by atoms with Crippen molar-refractivity contribution in [1.82, 2.24) is 4.90 Å². The third-order valence-corrected chi connectivity index (χ3v) is 3.19. The second-order valence-corrected chi connectivity index (χ2v) is 4.37. The van der Waals surface area contributed by atoms with E-state index in [9.17, 15) is 9.18 Å². The van der Waals surface area contributed by atoms with Gasteiger partial charge in [-0.25, -0.2) is 4.39 Å². The number of Topliss-reactive ketones (excluding diaryl/α,β-unsaturated/α-hetero) is 1. The Morgan fingerprint density at radius 3 is 2.47 bits per heavy atom. The highest BCUT2D eigenvalue weighted by molar-refractivity contribution is 5.99. The minimum Gasteiger partial charge on any atom is -0.380 e. The van der Waals surface area contributed by atoms with Crippen molar-refractivity contribution in [3.63, 3.8) is 0 Å². The van der Waals surface area contributed by atoms with Crippen molar-refractivity contribution in [3.05, 3.63) is 35.6 Å². The number of hydrogen-bond donors (Lipinski definition) is 0. The Bertz CT molecular complexity index is 392. The van der Waals surface area contributed by atoms with Crippen LogP contribution in [0.15, 0.2) is 24.3 Å². The number of carbonyl (C=O) groups is 1. The van der Waals surface area contributed by atoms with Crippen molar-refractivity contribution in [2.24, 2.45) is 0 Å². The van der Waals surface area contributed by atoms with Gasteiger partial charge in [0.15, 0.2) is 5.78 Å². The lowest BCUT2D eigenvalue weighted by Gasteiger charge is -2.26. The van der Waals surface area contributed by atoms with Crippen molar-refractivity contribution >= 4 is 5.78 Å². The topological polar surface area (TPSA) is 29.5 Å². The van der Waals surface area contributed by atoms with Gasteiger partial charge in [-0.15, -0.1) is 0 Å². The zero-order valence-electron chi connectivity index (χ0n) is 11.9. The van der Waals surface area contributed by atoms with E-state index in [-0.39, 0.29) is 17.6 Å². The molecule has 3 nitrogen and oxygen atoms in total. The maximum Gasteiger partial charge on any atom is 0.179 e. The van der Waals surface area contributed by atoms with E-state index in [1.807, 2.05) is 20.8 Å². The van der Waals surface area contributed by atoms with Crippen LogP contribution in [0.25, 0.3) is 0 Å². The first kappa shape index (κ1) is 15.8. The molecule has 4 heteroatoms. The molecule has 0 amide bonds. The highest BCUT2D eigenvalue weighted by Crippen LogP contribution is 2.10. The SMILES string of the molecule is CCOCCN(CC)C(C)C(=O)c1ccc(F)cc1. The summed E-state index contributed by atoms with van der Waals surface area (Å²) in [5.74, 6) is -0.314. The van der Waals surface area contributed by atoms with Crippen LogP contribution in [0.3, 0.4) is 0 Å². The maximum absolute atomic E-state index is 12.8. The predicted molar refractivity (Wildman–Crippen MR) is 73.9 cm³/mol. The molecule has 1 aromatic rings. The van der Waals surface area contributed by atoms with Gasteiger partial charge in [-0.2, -0.15) is 0 Å². The molecule has 1 aromatic carbocycles. The number of nitrogens with zero attached hydrogens (tertiary/aromatic N) is 1. The van der Waals surface area contributed by atoms with E-state index in [2.05, 4.69) is 4.90 Å². The van der Waals surface area contributed by atoms with E-state index >= 15 is 0 Å². The summed E-state index contributed by atoms with van der Waals surface area (Å²) < 4.78 is 18.2. The second-order valence-electron chi connectivity index (χ2n) is 4.37. The monoisotopic (exact) mass is 267 g/mol. The first-order chi connectivity index (χ1) is 9.10. The van der Waals surface area contributed by atoms with E-state index in [1.165, 1.54) is 24.3 Å². The molecule has 0 N–H and O–H groups in total. The lowest BCUT2D eigenvalue weighted by Crippen LogP contribution is -2.40. The summed E-state index contributed by atoms with van der Waals surface area (Å²) >= 11 is 0. The molecule has 106 valence electrons. The average molecular weight is 267 g/mol. The summed E-state index contributed by atoms with van der Waals surface area (Å²) in [6.07, 6.45) is 0. The van der Waals surface area contributed by atoms with Crippen molar-refractivity contribution in [3.8, 4) is 0 Å². The summed E-state index contributed by atoms with van der Waals surface area (Å²) in [5, 5.41) is 0. The summed E-state index contributed by atoms with van der Waals surface area (Å²) in [5.41, 5.74) is 0.545. The quantitative estimate of drug-likeness (QED) is 0.536. The first-order valence-electron chi connectivity index (χ1n) is 6.71. The smallest absolute Gasteiger partial charge is 0.179 e. The Labute approximate surface area is 114 Å². The van der Waals surface area contributed by atoms with Gasteiger partial charge < -0.3 is 4.74 Å². The molecule has 0 radical (unpaired) electrons. The fourth-order valence-corrected chi connectivity index (χ4v) is 1.97. The van der Waals surface area contributed by atoms with Crippen molar-refractivity contribution < 1.29 is 13.9 Å². The molecule has 19 heavy (non-hydrogen) atoms. The fourth-order valence-electron chi connectivity index (χ4n) is 1.97. The third-order valence-electron chi connectivity index (χ3n) is 3.19. The molecule has 1 rings (SSSR count). The fraction of sp³-hybridized carbons (Fsp3) is 0.533. The largest absolute Gasteiger partial charge is 0.380 e. The average Bonchev–Trinajstić information content (AvgIpc) is 2.43. The molecule has 0 aromatic heterocycles. The standard InChI is InChI=1S/C15H22FNO2/c1-4-17(10-11-19-5-2)12(3)15(18)13-6-8-14(16)9-7-13/h6-9,12H,4-5,10-11H2,1-3H3. The first-order valence-corrected chi connectivity index (χ1v) is 6.71. The molecule has 0 saturated heterocycles. The number of carbonyl (C=O) groups excluding carboxylic acids is 1. The van der Waals surface area contributed by atoms with Crippen LogP contribution in [0.2, 0.25) is 0 Å². The van der Waals surface area contributed by atoms with Crippen LogP contribution in [0.5, 0.6) is 0 Å². The Morgan fingerprint density at radius 1 is 1.32 bits per heavy atom. The van der Waals surface area contributed by atoms with Gasteiger partial charge in [-0.05, 0) is 44.7 Å². The van der Waals surface area contributed by atoms with E-state index in [1.54, 1.807) is 0 Å². The highest BCUT2D eigenvalue weighted by Gasteiger charge is 2.21. The van der Waals surface area contributed by atoms with Gasteiger partial charge in [0.05, 0.1) is 12.6 Å². The number of benzene rings is 1. The highest BCUT2D eigenvalue weighted by atomic mass is 19.1. The number of ether oxygens (including phenoxy) is 1. The van der Waals surface area contributed by atoms with Gasteiger partial charge >= 0.3 is 0 Å². The third kappa shape index (κ3) is 4.73. The van der Waals surface area contributed by atoms with Gasteiger partial charge in [0.1, 0.15) is 5.82 Å². The minimum atomic E-state index is -0.326. The minimum absolute atomic E-state index is 0.0124. The lowest BCUT2D eigenvalue weighted by molar-refractivity contribution is 0.0740. The van der Waals surface area contributed by atoms with Crippen LogP contribution in [0, 0.1) is 5.82 Å². The van der Waals surface area contributed by atoms with Gasteiger partial charge in [-0.3, -0.25) is 9.69 Å². The van der Waals surface area contributed by atoms with Crippen LogP contribution < -0.4 is 0 Å². The molecule has 0 fully saturated rings. The predicted octanol–water partition coefficient (Wildman–Crippen LogP) is 2.76. The number of rotatable bonds is 8. The number of hydrogen-bond acceptors (Lipinski definition) is 3. The molecule has 0 aliphatic rings. The summed E-state index contributed by atoms with van der Waals surface area (Å²) in [7, 11) is 0. The van der Waals surface area contributed by atoms with E-state index in [0.717, 1.165) is 13.1 Å². The zero-order valence-corrected chi connectivity index (χ0v) is 11.9. The molecular weight excluding hydrogens is 245 g/mol. The summed E-state index contributed by atoms with van der Waals surface area (Å²) in [6, 6.07) is 5.47. The van der Waals surface area contributed by atoms with E-state index in [0.29, 0.717) is 18.8 Å². The molecule has 0 heterocycles. The molecule has 0 bridgehead atoms. The normalized spacial score (nSPS) is 12.7. The molecule has 0 spiro atoms. The van der Waals surface area contributed by atoms with Gasteiger partial charge in [-0.1, -0.05) is 6.92 Å².